The topological polar surface area (TPSA) is 133 Å². The van der Waals surface area contributed by atoms with Crippen LogP contribution in [0.5, 0.6) is 11.5 Å². The Kier molecular flexibility index (Phi) is 5.59. The van der Waals surface area contributed by atoms with E-state index in [0.29, 0.717) is 11.3 Å². The normalized spacial score (nSPS) is 14.9. The molecule has 0 aromatic heterocycles. The van der Waals surface area contributed by atoms with Crippen LogP contribution < -0.4 is 13.7 Å². The third kappa shape index (κ3) is 4.35. The Morgan fingerprint density at radius 2 is 1.31 bits per heavy atom. The Morgan fingerprint density at radius 1 is 0.769 bits per heavy atom. The van der Waals surface area contributed by atoms with Crippen molar-refractivity contribution in [3.63, 3.8) is 0 Å². The van der Waals surface area contributed by atoms with Gasteiger partial charge in [-0.05, 0) is 55.0 Å². The Labute approximate surface area is 224 Å². The molecule has 0 radical (unpaired) electrons. The molecule has 0 fully saturated rings. The Hall–Kier alpha value is -4.48. The van der Waals surface area contributed by atoms with E-state index >= 15 is 0 Å². The molecule has 0 spiro atoms. The molecule has 0 saturated carbocycles. The van der Waals surface area contributed by atoms with Crippen LogP contribution in [0.4, 0.5) is 11.4 Å². The standard InChI is InChI=1S/C28H19NO8S2/c1-16-6-10-18(11-7-16)36-39(34,35)37-19-12-8-17(9-13-19)29-23-14-24-22(15-38(24,32)33)25-26(23)28(31)21-5-3-2-4-20(21)27(25)30/h2-14,29H,15H2,1H3. The molecule has 4 aromatic carbocycles. The minimum atomic E-state index is -4.41. The van der Waals surface area contributed by atoms with Gasteiger partial charge in [-0.2, -0.15) is 0 Å². The van der Waals surface area contributed by atoms with Crippen LogP contribution in [0.1, 0.15) is 43.0 Å². The van der Waals surface area contributed by atoms with E-state index in [1.54, 1.807) is 36.4 Å². The Morgan fingerprint density at radius 3 is 1.87 bits per heavy atom. The van der Waals surface area contributed by atoms with E-state index in [1.807, 2.05) is 6.92 Å². The summed E-state index contributed by atoms with van der Waals surface area (Å²) in [6, 6.07) is 19.9. The molecule has 0 amide bonds. The predicted octanol–water partition coefficient (Wildman–Crippen LogP) is 4.50. The number of anilines is 2. The second kappa shape index (κ2) is 8.79. The fourth-order valence-electron chi connectivity index (χ4n) is 4.64. The molecule has 39 heavy (non-hydrogen) atoms. The van der Waals surface area contributed by atoms with Gasteiger partial charge in [-0.3, -0.25) is 9.59 Å². The molecule has 2 aliphatic rings. The highest BCUT2D eigenvalue weighted by atomic mass is 32.3. The monoisotopic (exact) mass is 561 g/mol. The van der Waals surface area contributed by atoms with Crippen molar-refractivity contribution in [1.29, 1.82) is 0 Å². The van der Waals surface area contributed by atoms with Gasteiger partial charge in [0.15, 0.2) is 21.4 Å². The van der Waals surface area contributed by atoms with Gasteiger partial charge in [0.25, 0.3) is 0 Å². The molecule has 6 rings (SSSR count). The van der Waals surface area contributed by atoms with Crippen molar-refractivity contribution in [3.8, 4) is 11.5 Å². The zero-order chi connectivity index (χ0) is 27.5. The molecule has 1 aliphatic carbocycles. The summed E-state index contributed by atoms with van der Waals surface area (Å²) < 4.78 is 59.5. The quantitative estimate of drug-likeness (QED) is 0.318. The fraction of sp³-hybridized carbons (Fsp3) is 0.0714. The van der Waals surface area contributed by atoms with Crippen molar-refractivity contribution in [2.45, 2.75) is 17.6 Å². The van der Waals surface area contributed by atoms with Gasteiger partial charge in [0, 0.05) is 22.4 Å². The van der Waals surface area contributed by atoms with Crippen molar-refractivity contribution in [1.82, 2.24) is 0 Å². The van der Waals surface area contributed by atoms with Crippen molar-refractivity contribution >= 4 is 43.2 Å². The van der Waals surface area contributed by atoms with E-state index in [-0.39, 0.29) is 50.1 Å². The maximum Gasteiger partial charge on any atom is 0.500 e. The molecule has 1 heterocycles. The second-order valence-electron chi connectivity index (χ2n) is 9.15. The van der Waals surface area contributed by atoms with Crippen LogP contribution in [0.25, 0.3) is 0 Å². The first-order valence-corrected chi connectivity index (χ1v) is 14.7. The van der Waals surface area contributed by atoms with E-state index in [9.17, 15) is 26.4 Å². The number of aryl methyl sites for hydroxylation is 1. The van der Waals surface area contributed by atoms with E-state index in [4.69, 9.17) is 8.37 Å². The largest absolute Gasteiger partial charge is 0.500 e. The second-order valence-corrected chi connectivity index (χ2v) is 12.3. The molecule has 4 aromatic rings. The highest BCUT2D eigenvalue weighted by Crippen LogP contribution is 2.44. The fourth-order valence-corrected chi connectivity index (χ4v) is 6.80. The summed E-state index contributed by atoms with van der Waals surface area (Å²) >= 11 is 0. The van der Waals surface area contributed by atoms with Gasteiger partial charge in [-0.15, -0.1) is 8.42 Å². The summed E-state index contributed by atoms with van der Waals surface area (Å²) in [7, 11) is -7.98. The van der Waals surface area contributed by atoms with E-state index in [1.165, 1.54) is 42.5 Å². The molecule has 0 unspecified atom stereocenters. The lowest BCUT2D eigenvalue weighted by Crippen LogP contribution is -2.30. The Bertz CT molecular complexity index is 1910. The zero-order valence-corrected chi connectivity index (χ0v) is 21.9. The minimum Gasteiger partial charge on any atom is -0.355 e. The van der Waals surface area contributed by atoms with E-state index in [0.717, 1.165) is 5.56 Å². The first-order valence-electron chi connectivity index (χ1n) is 11.7. The minimum absolute atomic E-state index is 0.00332. The summed E-state index contributed by atoms with van der Waals surface area (Å²) in [6.07, 6.45) is 0. The van der Waals surface area contributed by atoms with Crippen LogP contribution in [-0.4, -0.2) is 28.4 Å². The average molecular weight is 562 g/mol. The van der Waals surface area contributed by atoms with E-state index < -0.39 is 31.8 Å². The number of carbonyl (C=O) groups excluding carboxylic acids is 2. The number of nitrogens with one attached hydrogen (secondary N) is 1. The van der Waals surface area contributed by atoms with Crippen molar-refractivity contribution < 1.29 is 34.8 Å². The number of sulfone groups is 1. The van der Waals surface area contributed by atoms with Gasteiger partial charge in [0.1, 0.15) is 11.5 Å². The van der Waals surface area contributed by atoms with Crippen LogP contribution in [0.2, 0.25) is 0 Å². The van der Waals surface area contributed by atoms with Crippen molar-refractivity contribution in [2.75, 3.05) is 5.32 Å². The van der Waals surface area contributed by atoms with Gasteiger partial charge in [0.05, 0.1) is 21.9 Å². The number of benzene rings is 4. The average Bonchev–Trinajstić information content (AvgIpc) is 2.89. The van der Waals surface area contributed by atoms with Gasteiger partial charge in [-0.25, -0.2) is 8.42 Å². The Balaban J connectivity index is 1.31. The SMILES string of the molecule is Cc1ccc(OS(=O)(=O)Oc2ccc(Nc3cc4c(c5c3C(=O)c3ccccc3C5=O)CS4(=O)=O)cc2)cc1. The van der Waals surface area contributed by atoms with Crippen LogP contribution in [0.3, 0.4) is 0 Å². The molecule has 196 valence electrons. The maximum atomic E-state index is 13.5. The third-order valence-electron chi connectivity index (χ3n) is 6.48. The van der Waals surface area contributed by atoms with Gasteiger partial charge >= 0.3 is 10.4 Å². The smallest absolute Gasteiger partial charge is 0.355 e. The number of fused-ring (bicyclic) bond motifs is 4. The molecule has 9 nitrogen and oxygen atoms in total. The van der Waals surface area contributed by atoms with Crippen LogP contribution >= 0.6 is 0 Å². The molecule has 0 saturated heterocycles. The summed E-state index contributed by atoms with van der Waals surface area (Å²) in [4.78, 5) is 26.8. The maximum absolute atomic E-state index is 13.5. The number of rotatable bonds is 6. The first-order chi connectivity index (χ1) is 18.5. The highest BCUT2D eigenvalue weighted by Gasteiger charge is 2.42. The third-order valence-corrected chi connectivity index (χ3v) is 8.98. The van der Waals surface area contributed by atoms with Crippen LogP contribution in [0.15, 0.2) is 83.8 Å². The number of carbonyl (C=O) groups is 2. The van der Waals surface area contributed by atoms with Crippen LogP contribution in [-0.2, 0) is 26.0 Å². The lowest BCUT2D eigenvalue weighted by molar-refractivity contribution is 0.0978. The lowest BCUT2D eigenvalue weighted by Gasteiger charge is -2.29. The number of hydrogen-bond donors (Lipinski definition) is 1. The molecular formula is C28H19NO8S2. The van der Waals surface area contributed by atoms with Gasteiger partial charge < -0.3 is 13.7 Å². The van der Waals surface area contributed by atoms with Crippen molar-refractivity contribution in [3.05, 3.63) is 112 Å². The van der Waals surface area contributed by atoms with E-state index in [2.05, 4.69) is 5.32 Å². The molecule has 0 bridgehead atoms. The lowest BCUT2D eigenvalue weighted by atomic mass is 9.81. The predicted molar refractivity (Wildman–Crippen MR) is 142 cm³/mol. The summed E-state index contributed by atoms with van der Waals surface area (Å²) in [5.41, 5.74) is 2.49. The number of hydrogen-bond acceptors (Lipinski definition) is 9. The van der Waals surface area contributed by atoms with Gasteiger partial charge in [-0.1, -0.05) is 42.0 Å². The highest BCUT2D eigenvalue weighted by molar-refractivity contribution is 7.92. The van der Waals surface area contributed by atoms with Gasteiger partial charge in [0.2, 0.25) is 0 Å². The van der Waals surface area contributed by atoms with Crippen LogP contribution in [0, 0.1) is 6.92 Å². The number of ketones is 2. The zero-order valence-electron chi connectivity index (χ0n) is 20.3. The molecule has 0 atom stereocenters. The molecule has 1 N–H and O–H groups in total. The summed E-state index contributed by atoms with van der Waals surface area (Å²) in [6.45, 7) is 1.85. The first kappa shape index (κ1) is 24.8. The van der Waals surface area contributed by atoms with Crippen molar-refractivity contribution in [2.24, 2.45) is 0 Å². The summed E-state index contributed by atoms with van der Waals surface area (Å²) in [5.74, 6) is -1.04. The summed E-state index contributed by atoms with van der Waals surface area (Å²) in [5, 5.41) is 3.01. The molecule has 1 aliphatic heterocycles. The molecule has 11 heteroatoms. The molecular weight excluding hydrogens is 542 g/mol.